The number of rotatable bonds is 8. The van der Waals surface area contributed by atoms with Crippen LogP contribution in [0.5, 0.6) is 5.75 Å². The van der Waals surface area contributed by atoms with Gasteiger partial charge in [-0.05, 0) is 28.8 Å². The molecule has 4 aromatic rings. The second-order valence-electron chi connectivity index (χ2n) is 9.02. The van der Waals surface area contributed by atoms with Gasteiger partial charge in [0.15, 0.2) is 6.23 Å². The van der Waals surface area contributed by atoms with Gasteiger partial charge in [-0.3, -0.25) is 14.3 Å². The van der Waals surface area contributed by atoms with E-state index in [1.165, 1.54) is 6.20 Å². The Labute approximate surface area is 218 Å². The van der Waals surface area contributed by atoms with E-state index >= 15 is 0 Å². The predicted molar refractivity (Wildman–Crippen MR) is 139 cm³/mol. The Morgan fingerprint density at radius 2 is 1.42 bits per heavy atom. The summed E-state index contributed by atoms with van der Waals surface area (Å²) in [6.45, 7) is -0.122. The molecule has 9 heteroatoms. The number of hydrogen-bond donors (Lipinski definition) is 3. The summed E-state index contributed by atoms with van der Waals surface area (Å²) in [5, 5.41) is 21.6. The summed E-state index contributed by atoms with van der Waals surface area (Å²) < 4.78 is 19.0. The van der Waals surface area contributed by atoms with Crippen LogP contribution in [0, 0.1) is 0 Å². The first-order chi connectivity index (χ1) is 18.4. The van der Waals surface area contributed by atoms with Gasteiger partial charge in [-0.15, -0.1) is 0 Å². The van der Waals surface area contributed by atoms with Crippen LogP contribution in [-0.4, -0.2) is 51.8 Å². The minimum absolute atomic E-state index is 0.122. The van der Waals surface area contributed by atoms with Crippen LogP contribution in [0.2, 0.25) is 0 Å². The summed E-state index contributed by atoms with van der Waals surface area (Å²) in [7, 11) is 1.60. The molecule has 0 aliphatic carbocycles. The first-order valence-electron chi connectivity index (χ1n) is 12.2. The molecule has 2 heterocycles. The number of aliphatic hydroxyl groups excluding tert-OH is 2. The van der Waals surface area contributed by atoms with Crippen molar-refractivity contribution < 1.29 is 24.4 Å². The zero-order valence-corrected chi connectivity index (χ0v) is 20.6. The molecule has 0 amide bonds. The molecule has 196 valence electrons. The third-order valence-corrected chi connectivity index (χ3v) is 6.78. The number of aromatic nitrogens is 2. The van der Waals surface area contributed by atoms with E-state index in [9.17, 15) is 19.8 Å². The third-order valence-electron chi connectivity index (χ3n) is 6.78. The van der Waals surface area contributed by atoms with Crippen molar-refractivity contribution in [3.8, 4) is 5.75 Å². The molecule has 0 saturated carbocycles. The lowest BCUT2D eigenvalue weighted by Crippen LogP contribution is -2.40. The van der Waals surface area contributed by atoms with Crippen LogP contribution in [0.3, 0.4) is 0 Å². The molecule has 4 unspecified atom stereocenters. The Morgan fingerprint density at radius 1 is 0.842 bits per heavy atom. The topological polar surface area (TPSA) is 123 Å². The second-order valence-corrected chi connectivity index (χ2v) is 9.02. The molecule has 38 heavy (non-hydrogen) atoms. The maximum atomic E-state index is 12.3. The standard InChI is InChI=1S/C29H28N2O7/c1-36-22-14-12-21(13-15-22)29(19-8-4-2-5-9-19,20-10-6-3-7-11-20)37-18-23-25(33)26(34)27(38-23)31-17-16-24(32)30-28(31)35/h2-17,23,25-27,33-34H,18H2,1H3,(H,30,32,35). The van der Waals surface area contributed by atoms with Crippen LogP contribution in [0.1, 0.15) is 22.9 Å². The van der Waals surface area contributed by atoms with Gasteiger partial charge < -0.3 is 24.4 Å². The lowest BCUT2D eigenvalue weighted by atomic mass is 9.80. The minimum Gasteiger partial charge on any atom is -0.497 e. The van der Waals surface area contributed by atoms with Crippen LogP contribution in [-0.2, 0) is 15.1 Å². The normalized spacial score (nSPS) is 21.3. The fourth-order valence-corrected chi connectivity index (χ4v) is 4.85. The van der Waals surface area contributed by atoms with Crippen LogP contribution in [0.4, 0.5) is 0 Å². The van der Waals surface area contributed by atoms with Crippen molar-refractivity contribution in [1.82, 2.24) is 9.55 Å². The molecule has 1 aliphatic heterocycles. The van der Waals surface area contributed by atoms with Gasteiger partial charge in [-0.1, -0.05) is 72.8 Å². The van der Waals surface area contributed by atoms with Crippen LogP contribution in [0.15, 0.2) is 107 Å². The van der Waals surface area contributed by atoms with Crippen molar-refractivity contribution in [3.05, 3.63) is 135 Å². The zero-order valence-electron chi connectivity index (χ0n) is 20.6. The summed E-state index contributed by atoms with van der Waals surface area (Å²) >= 11 is 0. The van der Waals surface area contributed by atoms with Crippen molar-refractivity contribution in [2.24, 2.45) is 0 Å². The summed E-state index contributed by atoms with van der Waals surface area (Å²) in [4.78, 5) is 25.9. The summed E-state index contributed by atoms with van der Waals surface area (Å²) in [5.74, 6) is 0.690. The molecule has 1 aliphatic rings. The molecule has 0 radical (unpaired) electrons. The summed E-state index contributed by atoms with van der Waals surface area (Å²) in [6, 6.07) is 28.0. The number of aliphatic hydroxyl groups is 2. The van der Waals surface area contributed by atoms with Gasteiger partial charge in [0.2, 0.25) is 0 Å². The predicted octanol–water partition coefficient (Wildman–Crippen LogP) is 2.17. The van der Waals surface area contributed by atoms with Gasteiger partial charge in [-0.25, -0.2) is 4.79 Å². The van der Waals surface area contributed by atoms with E-state index in [0.717, 1.165) is 27.3 Å². The van der Waals surface area contributed by atoms with E-state index in [4.69, 9.17) is 14.2 Å². The number of methoxy groups -OCH3 is 1. The molecule has 9 nitrogen and oxygen atoms in total. The Bertz CT molecular complexity index is 1430. The highest BCUT2D eigenvalue weighted by molar-refractivity contribution is 5.48. The Kier molecular flexibility index (Phi) is 7.26. The number of hydrogen-bond acceptors (Lipinski definition) is 7. The van der Waals surface area contributed by atoms with Gasteiger partial charge >= 0.3 is 5.69 Å². The molecule has 0 spiro atoms. The molecular weight excluding hydrogens is 488 g/mol. The fraction of sp³-hybridized carbons (Fsp3) is 0.241. The molecular formula is C29H28N2O7. The first-order valence-corrected chi connectivity index (χ1v) is 12.2. The Morgan fingerprint density at radius 3 is 1.97 bits per heavy atom. The lowest BCUT2D eigenvalue weighted by Gasteiger charge is -2.37. The molecule has 3 N–H and O–H groups in total. The summed E-state index contributed by atoms with van der Waals surface area (Å²) in [6.07, 6.45) is -3.72. The monoisotopic (exact) mass is 516 g/mol. The Hall–Kier alpha value is -4.02. The van der Waals surface area contributed by atoms with E-state index in [1.807, 2.05) is 84.9 Å². The quantitative estimate of drug-likeness (QED) is 0.307. The molecule has 1 fully saturated rings. The van der Waals surface area contributed by atoms with E-state index in [-0.39, 0.29) is 6.61 Å². The number of aromatic amines is 1. The van der Waals surface area contributed by atoms with E-state index in [0.29, 0.717) is 5.75 Å². The average Bonchev–Trinajstić information content (AvgIpc) is 3.23. The SMILES string of the molecule is COc1ccc(C(OCC2OC(n3ccc(=O)[nH]c3=O)C(O)C2O)(c2ccccc2)c2ccccc2)cc1. The first kappa shape index (κ1) is 25.6. The Balaban J connectivity index is 1.54. The van der Waals surface area contributed by atoms with Crippen LogP contribution in [0.25, 0.3) is 0 Å². The third kappa shape index (κ3) is 4.68. The molecule has 4 atom stereocenters. The van der Waals surface area contributed by atoms with Crippen molar-refractivity contribution in [2.45, 2.75) is 30.1 Å². The number of nitrogens with zero attached hydrogens (tertiary/aromatic N) is 1. The average molecular weight is 517 g/mol. The highest BCUT2D eigenvalue weighted by Crippen LogP contribution is 2.42. The molecule has 1 aromatic heterocycles. The highest BCUT2D eigenvalue weighted by atomic mass is 16.6. The maximum absolute atomic E-state index is 12.3. The number of benzene rings is 3. The molecule has 5 rings (SSSR count). The van der Waals surface area contributed by atoms with Gasteiger partial charge in [0, 0.05) is 12.3 Å². The van der Waals surface area contributed by atoms with E-state index in [2.05, 4.69) is 4.98 Å². The van der Waals surface area contributed by atoms with E-state index in [1.54, 1.807) is 7.11 Å². The van der Waals surface area contributed by atoms with Crippen molar-refractivity contribution >= 4 is 0 Å². The minimum atomic E-state index is -1.42. The van der Waals surface area contributed by atoms with Gasteiger partial charge in [-0.2, -0.15) is 0 Å². The van der Waals surface area contributed by atoms with Crippen LogP contribution >= 0.6 is 0 Å². The largest absolute Gasteiger partial charge is 0.497 e. The second kappa shape index (κ2) is 10.8. The smallest absolute Gasteiger partial charge is 0.330 e. The zero-order chi connectivity index (χ0) is 26.7. The summed E-state index contributed by atoms with van der Waals surface area (Å²) in [5.41, 5.74) is 0.0776. The fourth-order valence-electron chi connectivity index (χ4n) is 4.85. The van der Waals surface area contributed by atoms with Gasteiger partial charge in [0.25, 0.3) is 5.56 Å². The number of H-pyrrole nitrogens is 1. The number of ether oxygens (including phenoxy) is 3. The van der Waals surface area contributed by atoms with Gasteiger partial charge in [0.1, 0.15) is 29.7 Å². The van der Waals surface area contributed by atoms with Gasteiger partial charge in [0.05, 0.1) is 13.7 Å². The molecule has 1 saturated heterocycles. The van der Waals surface area contributed by atoms with Crippen molar-refractivity contribution in [2.75, 3.05) is 13.7 Å². The van der Waals surface area contributed by atoms with Crippen LogP contribution < -0.4 is 16.0 Å². The van der Waals surface area contributed by atoms with E-state index < -0.39 is 41.4 Å². The molecule has 3 aromatic carbocycles. The van der Waals surface area contributed by atoms with Crippen molar-refractivity contribution in [1.29, 1.82) is 0 Å². The number of nitrogens with one attached hydrogen (secondary N) is 1. The molecule has 0 bridgehead atoms. The lowest BCUT2D eigenvalue weighted by molar-refractivity contribution is -0.0958. The highest BCUT2D eigenvalue weighted by Gasteiger charge is 2.46. The maximum Gasteiger partial charge on any atom is 0.330 e. The van der Waals surface area contributed by atoms with Crippen molar-refractivity contribution in [3.63, 3.8) is 0 Å².